The summed E-state index contributed by atoms with van der Waals surface area (Å²) >= 11 is 15.6. The van der Waals surface area contributed by atoms with Crippen LogP contribution in [0, 0.1) is 3.57 Å². The second-order valence-corrected chi connectivity index (χ2v) is 7.93. The van der Waals surface area contributed by atoms with Gasteiger partial charge in [0.15, 0.2) is 5.17 Å². The summed E-state index contributed by atoms with van der Waals surface area (Å²) in [6.07, 6.45) is 1.81. The number of thioether (sulfide) groups is 1. The summed E-state index contributed by atoms with van der Waals surface area (Å²) in [5, 5.41) is 3.97. The lowest BCUT2D eigenvalue weighted by Gasteiger charge is -2.03. The van der Waals surface area contributed by atoms with Gasteiger partial charge < -0.3 is 10.1 Å². The summed E-state index contributed by atoms with van der Waals surface area (Å²) in [4.78, 5) is 17.1. The minimum atomic E-state index is -0.201. The van der Waals surface area contributed by atoms with Gasteiger partial charge in [0, 0.05) is 0 Å². The molecule has 1 fully saturated rings. The molecular formula is C17H11Cl2IN2O2S. The minimum absolute atomic E-state index is 0.201. The minimum Gasteiger partial charge on any atom is -0.496 e. The smallest absolute Gasteiger partial charge is 0.264 e. The second-order valence-electron chi connectivity index (χ2n) is 4.95. The summed E-state index contributed by atoms with van der Waals surface area (Å²) in [7, 11) is 1.62. The van der Waals surface area contributed by atoms with Crippen LogP contribution in [-0.2, 0) is 4.79 Å². The maximum absolute atomic E-state index is 12.2. The van der Waals surface area contributed by atoms with Gasteiger partial charge in [0.2, 0.25) is 0 Å². The molecule has 3 rings (SSSR count). The Morgan fingerprint density at radius 2 is 2.08 bits per heavy atom. The average molecular weight is 505 g/mol. The highest BCUT2D eigenvalue weighted by atomic mass is 127. The molecule has 1 aliphatic rings. The second kappa shape index (κ2) is 7.99. The highest BCUT2D eigenvalue weighted by molar-refractivity contribution is 14.1. The molecule has 0 aromatic heterocycles. The van der Waals surface area contributed by atoms with E-state index in [-0.39, 0.29) is 5.91 Å². The number of benzene rings is 2. The molecule has 0 bridgehead atoms. The SMILES string of the molecule is COc1ccc(/C=C2\SC(=Nc3cccc(Cl)c3Cl)NC2=O)cc1I. The Kier molecular flexibility index (Phi) is 5.93. The predicted molar refractivity (Wildman–Crippen MR) is 113 cm³/mol. The molecule has 0 spiro atoms. The molecule has 0 atom stereocenters. The fourth-order valence-electron chi connectivity index (χ4n) is 2.09. The molecule has 1 N–H and O–H groups in total. The molecule has 2 aromatic rings. The van der Waals surface area contributed by atoms with Crippen LogP contribution in [0.15, 0.2) is 46.3 Å². The maximum Gasteiger partial charge on any atom is 0.264 e. The molecule has 2 aromatic carbocycles. The van der Waals surface area contributed by atoms with Crippen molar-refractivity contribution in [2.75, 3.05) is 7.11 Å². The van der Waals surface area contributed by atoms with E-state index in [0.29, 0.717) is 25.8 Å². The molecule has 0 aliphatic carbocycles. The van der Waals surface area contributed by atoms with Crippen molar-refractivity contribution in [3.05, 3.63) is 60.5 Å². The molecule has 1 aliphatic heterocycles. The highest BCUT2D eigenvalue weighted by Gasteiger charge is 2.24. The van der Waals surface area contributed by atoms with Gasteiger partial charge in [-0.2, -0.15) is 0 Å². The fraction of sp³-hybridized carbons (Fsp3) is 0.0588. The zero-order chi connectivity index (χ0) is 18.0. The number of halogens is 3. The summed E-state index contributed by atoms with van der Waals surface area (Å²) in [5.41, 5.74) is 1.42. The van der Waals surface area contributed by atoms with E-state index in [4.69, 9.17) is 27.9 Å². The third kappa shape index (κ3) is 4.31. The van der Waals surface area contributed by atoms with E-state index in [1.807, 2.05) is 24.3 Å². The van der Waals surface area contributed by atoms with Crippen molar-refractivity contribution in [2.24, 2.45) is 4.99 Å². The first kappa shape index (κ1) is 18.6. The summed E-state index contributed by atoms with van der Waals surface area (Å²) < 4.78 is 6.21. The Bertz CT molecular complexity index is 916. The van der Waals surface area contributed by atoms with Gasteiger partial charge in [0.05, 0.1) is 31.3 Å². The molecular weight excluding hydrogens is 494 g/mol. The van der Waals surface area contributed by atoms with Crippen LogP contribution in [0.1, 0.15) is 5.56 Å². The molecule has 4 nitrogen and oxygen atoms in total. The standard InChI is InChI=1S/C17H11Cl2IN2O2S/c1-24-13-6-5-9(7-11(13)20)8-14-16(23)22-17(25-14)21-12-4-2-3-10(18)15(12)19/h2-8H,1H3,(H,21,22,23)/b14-8-. The van der Waals surface area contributed by atoms with Crippen molar-refractivity contribution >= 4 is 80.4 Å². The normalized spacial score (nSPS) is 17.2. The van der Waals surface area contributed by atoms with Gasteiger partial charge in [-0.05, 0) is 70.3 Å². The number of carbonyl (C=O) groups is 1. The van der Waals surface area contributed by atoms with Crippen LogP contribution in [0.3, 0.4) is 0 Å². The molecule has 128 valence electrons. The van der Waals surface area contributed by atoms with Gasteiger partial charge in [-0.25, -0.2) is 4.99 Å². The first-order valence-electron chi connectivity index (χ1n) is 7.05. The molecule has 1 amide bonds. The van der Waals surface area contributed by atoms with Crippen molar-refractivity contribution in [1.82, 2.24) is 5.32 Å². The van der Waals surface area contributed by atoms with Crippen LogP contribution in [0.5, 0.6) is 5.75 Å². The number of nitrogens with one attached hydrogen (secondary N) is 1. The number of amidine groups is 1. The molecule has 1 heterocycles. The third-order valence-electron chi connectivity index (χ3n) is 3.28. The number of rotatable bonds is 3. The van der Waals surface area contributed by atoms with Crippen LogP contribution in [0.25, 0.3) is 6.08 Å². The van der Waals surface area contributed by atoms with E-state index < -0.39 is 0 Å². The van der Waals surface area contributed by atoms with Crippen LogP contribution in [-0.4, -0.2) is 18.2 Å². The summed E-state index contributed by atoms with van der Waals surface area (Å²) in [6, 6.07) is 10.9. The maximum atomic E-state index is 12.2. The Balaban J connectivity index is 1.86. The lowest BCUT2D eigenvalue weighted by atomic mass is 10.2. The lowest BCUT2D eigenvalue weighted by molar-refractivity contribution is -0.115. The summed E-state index contributed by atoms with van der Waals surface area (Å²) in [6.45, 7) is 0. The summed E-state index contributed by atoms with van der Waals surface area (Å²) in [5.74, 6) is 0.594. The Morgan fingerprint density at radius 1 is 1.28 bits per heavy atom. The fourth-order valence-corrected chi connectivity index (χ4v) is 4.02. The van der Waals surface area contributed by atoms with Crippen LogP contribution < -0.4 is 10.1 Å². The van der Waals surface area contributed by atoms with Crippen molar-refractivity contribution in [3.8, 4) is 5.75 Å². The van der Waals surface area contributed by atoms with Crippen LogP contribution in [0.4, 0.5) is 5.69 Å². The molecule has 0 unspecified atom stereocenters. The first-order chi connectivity index (χ1) is 12.0. The largest absolute Gasteiger partial charge is 0.496 e. The quantitative estimate of drug-likeness (QED) is 0.443. The van der Waals surface area contributed by atoms with Crippen molar-refractivity contribution < 1.29 is 9.53 Å². The van der Waals surface area contributed by atoms with Crippen molar-refractivity contribution in [2.45, 2.75) is 0 Å². The Hall–Kier alpha value is -1.22. The van der Waals surface area contributed by atoms with Crippen LogP contribution in [0.2, 0.25) is 10.0 Å². The molecule has 0 radical (unpaired) electrons. The zero-order valence-corrected chi connectivity index (χ0v) is 17.3. The van der Waals surface area contributed by atoms with Gasteiger partial charge in [0.25, 0.3) is 5.91 Å². The topological polar surface area (TPSA) is 50.7 Å². The van der Waals surface area contributed by atoms with E-state index in [1.165, 1.54) is 11.8 Å². The van der Waals surface area contributed by atoms with Gasteiger partial charge in [0.1, 0.15) is 5.75 Å². The number of aliphatic imine (C=N–C) groups is 1. The number of ether oxygens (including phenoxy) is 1. The van der Waals surface area contributed by atoms with Crippen molar-refractivity contribution in [3.63, 3.8) is 0 Å². The average Bonchev–Trinajstić information content (AvgIpc) is 2.91. The number of amides is 1. The monoisotopic (exact) mass is 504 g/mol. The molecule has 8 heteroatoms. The number of nitrogens with zero attached hydrogens (tertiary/aromatic N) is 1. The molecule has 25 heavy (non-hydrogen) atoms. The van der Waals surface area contributed by atoms with E-state index in [2.05, 4.69) is 32.9 Å². The first-order valence-corrected chi connectivity index (χ1v) is 9.70. The Morgan fingerprint density at radius 3 is 2.80 bits per heavy atom. The van der Waals surface area contributed by atoms with Gasteiger partial charge >= 0.3 is 0 Å². The number of hydrogen-bond acceptors (Lipinski definition) is 4. The van der Waals surface area contributed by atoms with Crippen molar-refractivity contribution in [1.29, 1.82) is 0 Å². The van der Waals surface area contributed by atoms with Crippen LogP contribution >= 0.6 is 57.6 Å². The molecule has 0 saturated carbocycles. The zero-order valence-electron chi connectivity index (χ0n) is 12.8. The van der Waals surface area contributed by atoms with E-state index >= 15 is 0 Å². The third-order valence-corrected chi connectivity index (χ3v) is 5.84. The van der Waals surface area contributed by atoms with E-state index in [9.17, 15) is 4.79 Å². The van der Waals surface area contributed by atoms with Gasteiger partial charge in [-0.3, -0.25) is 4.79 Å². The predicted octanol–water partition coefficient (Wildman–Crippen LogP) is 5.50. The Labute approximate surface area is 172 Å². The number of hydrogen-bond donors (Lipinski definition) is 1. The highest BCUT2D eigenvalue weighted by Crippen LogP contribution is 2.34. The lowest BCUT2D eigenvalue weighted by Crippen LogP contribution is -2.19. The van der Waals surface area contributed by atoms with E-state index in [1.54, 1.807) is 25.3 Å². The number of carbonyl (C=O) groups excluding carboxylic acids is 1. The van der Waals surface area contributed by atoms with E-state index in [0.717, 1.165) is 14.9 Å². The van der Waals surface area contributed by atoms with Gasteiger partial charge in [-0.15, -0.1) is 0 Å². The number of methoxy groups -OCH3 is 1. The molecule has 1 saturated heterocycles. The van der Waals surface area contributed by atoms with Gasteiger partial charge in [-0.1, -0.05) is 35.3 Å².